The van der Waals surface area contributed by atoms with Crippen molar-refractivity contribution in [2.24, 2.45) is 5.92 Å². The first-order chi connectivity index (χ1) is 8.50. The Kier molecular flexibility index (Phi) is 6.09. The normalized spacial score (nSPS) is 10.7. The molecule has 0 aliphatic carbocycles. The van der Waals surface area contributed by atoms with Crippen LogP contribution < -0.4 is 10.6 Å². The average molecular weight is 273 g/mol. The van der Waals surface area contributed by atoms with Crippen molar-refractivity contribution in [2.45, 2.75) is 20.4 Å². The minimum Gasteiger partial charge on any atom is -0.351 e. The van der Waals surface area contributed by atoms with Gasteiger partial charge < -0.3 is 10.6 Å². The lowest BCUT2D eigenvalue weighted by molar-refractivity contribution is -0.120. The van der Waals surface area contributed by atoms with Crippen LogP contribution in [0.1, 0.15) is 19.4 Å². The fourth-order valence-electron chi connectivity index (χ4n) is 1.42. The molecule has 18 heavy (non-hydrogen) atoms. The predicted octanol–water partition coefficient (Wildman–Crippen LogP) is 2.34. The molecular formula is C13H18ClFN2O. The van der Waals surface area contributed by atoms with Crippen molar-refractivity contribution in [3.8, 4) is 0 Å². The molecule has 1 rings (SSSR count). The average Bonchev–Trinajstić information content (AvgIpc) is 2.30. The van der Waals surface area contributed by atoms with E-state index < -0.39 is 5.82 Å². The highest BCUT2D eigenvalue weighted by atomic mass is 35.5. The number of nitrogens with one attached hydrogen (secondary N) is 2. The van der Waals surface area contributed by atoms with Gasteiger partial charge in [0.15, 0.2) is 0 Å². The largest absolute Gasteiger partial charge is 0.351 e. The maximum Gasteiger partial charge on any atom is 0.234 e. The van der Waals surface area contributed by atoms with E-state index in [1.165, 1.54) is 6.07 Å². The Morgan fingerprint density at radius 1 is 1.44 bits per heavy atom. The van der Waals surface area contributed by atoms with E-state index in [1.54, 1.807) is 12.1 Å². The molecule has 3 nitrogen and oxygen atoms in total. The Bertz CT molecular complexity index is 410. The number of rotatable bonds is 6. The molecule has 0 radical (unpaired) electrons. The number of carbonyl (C=O) groups is 1. The molecule has 0 atom stereocenters. The summed E-state index contributed by atoms with van der Waals surface area (Å²) in [5, 5.41) is 5.72. The summed E-state index contributed by atoms with van der Waals surface area (Å²) in [5.74, 6) is -0.146. The van der Waals surface area contributed by atoms with Gasteiger partial charge in [0.2, 0.25) is 5.91 Å². The van der Waals surface area contributed by atoms with E-state index in [0.29, 0.717) is 11.5 Å². The summed E-state index contributed by atoms with van der Waals surface area (Å²) in [6.07, 6.45) is 0. The van der Waals surface area contributed by atoms with Gasteiger partial charge in [-0.05, 0) is 18.5 Å². The lowest BCUT2D eigenvalue weighted by Gasteiger charge is -2.09. The number of carbonyl (C=O) groups excluding carboxylic acids is 1. The zero-order valence-corrected chi connectivity index (χ0v) is 11.4. The fourth-order valence-corrected chi connectivity index (χ4v) is 1.61. The summed E-state index contributed by atoms with van der Waals surface area (Å²) in [5.41, 5.74) is 0.389. The smallest absolute Gasteiger partial charge is 0.234 e. The fraction of sp³-hybridized carbons (Fsp3) is 0.462. The van der Waals surface area contributed by atoms with Gasteiger partial charge in [-0.3, -0.25) is 4.79 Å². The third-order valence-corrected chi connectivity index (χ3v) is 2.64. The number of benzene rings is 1. The van der Waals surface area contributed by atoms with Crippen molar-refractivity contribution in [2.75, 3.05) is 13.1 Å². The first kappa shape index (κ1) is 14.9. The molecule has 0 unspecified atom stereocenters. The van der Waals surface area contributed by atoms with Gasteiger partial charge in [-0.25, -0.2) is 4.39 Å². The summed E-state index contributed by atoms with van der Waals surface area (Å²) < 4.78 is 13.5. The lowest BCUT2D eigenvalue weighted by atomic mass is 10.2. The van der Waals surface area contributed by atoms with Crippen molar-refractivity contribution >= 4 is 17.5 Å². The van der Waals surface area contributed by atoms with Crippen molar-refractivity contribution in [3.05, 3.63) is 34.6 Å². The molecule has 0 fully saturated rings. The van der Waals surface area contributed by atoms with E-state index in [-0.39, 0.29) is 24.0 Å². The van der Waals surface area contributed by atoms with Gasteiger partial charge in [-0.15, -0.1) is 0 Å². The molecule has 0 bridgehead atoms. The molecule has 1 aromatic carbocycles. The Hall–Kier alpha value is -1.13. The number of amides is 1. The molecule has 0 heterocycles. The topological polar surface area (TPSA) is 41.1 Å². The minimum absolute atomic E-state index is 0.0691. The molecule has 1 aromatic rings. The van der Waals surface area contributed by atoms with Crippen LogP contribution in [0.4, 0.5) is 4.39 Å². The third-order valence-electron chi connectivity index (χ3n) is 2.35. The molecule has 0 spiro atoms. The first-order valence-corrected chi connectivity index (χ1v) is 6.28. The highest BCUT2D eigenvalue weighted by molar-refractivity contribution is 6.30. The molecule has 0 saturated carbocycles. The van der Waals surface area contributed by atoms with Gasteiger partial charge in [-0.1, -0.05) is 37.6 Å². The van der Waals surface area contributed by atoms with Crippen LogP contribution >= 0.6 is 11.6 Å². The molecule has 1 amide bonds. The van der Waals surface area contributed by atoms with Crippen LogP contribution in [-0.4, -0.2) is 19.0 Å². The van der Waals surface area contributed by atoms with E-state index in [4.69, 9.17) is 11.6 Å². The Labute approximate surface area is 112 Å². The van der Waals surface area contributed by atoms with Crippen LogP contribution in [0.5, 0.6) is 0 Å². The molecular weight excluding hydrogens is 255 g/mol. The van der Waals surface area contributed by atoms with Gasteiger partial charge in [-0.2, -0.15) is 0 Å². The summed E-state index contributed by atoms with van der Waals surface area (Å²) in [6.45, 7) is 5.28. The maximum absolute atomic E-state index is 13.5. The van der Waals surface area contributed by atoms with E-state index in [1.807, 2.05) is 0 Å². The molecule has 5 heteroatoms. The molecule has 2 N–H and O–H groups in total. The van der Waals surface area contributed by atoms with Gasteiger partial charge >= 0.3 is 0 Å². The second-order valence-electron chi connectivity index (χ2n) is 4.51. The maximum atomic E-state index is 13.5. The highest BCUT2D eigenvalue weighted by Crippen LogP contribution is 2.17. The van der Waals surface area contributed by atoms with E-state index in [0.717, 1.165) is 6.54 Å². The summed E-state index contributed by atoms with van der Waals surface area (Å²) in [7, 11) is 0. The first-order valence-electron chi connectivity index (χ1n) is 5.91. The molecule has 100 valence electrons. The van der Waals surface area contributed by atoms with Crippen LogP contribution in [0.15, 0.2) is 18.2 Å². The number of halogens is 2. The standard InChI is InChI=1S/C13H18ClFN2O/c1-9(2)6-16-8-12(18)17-7-10-4-3-5-11(14)13(10)15/h3-5,9,16H,6-8H2,1-2H3,(H,17,18). The molecule has 0 saturated heterocycles. The monoisotopic (exact) mass is 272 g/mol. The Morgan fingerprint density at radius 3 is 2.83 bits per heavy atom. The van der Waals surface area contributed by atoms with Crippen LogP contribution in [0.3, 0.4) is 0 Å². The van der Waals surface area contributed by atoms with Gasteiger partial charge in [0.1, 0.15) is 5.82 Å². The van der Waals surface area contributed by atoms with E-state index >= 15 is 0 Å². The van der Waals surface area contributed by atoms with E-state index in [9.17, 15) is 9.18 Å². The molecule has 0 aliphatic heterocycles. The van der Waals surface area contributed by atoms with Crippen molar-refractivity contribution in [1.29, 1.82) is 0 Å². The summed E-state index contributed by atoms with van der Waals surface area (Å²) in [6, 6.07) is 4.74. The Morgan fingerprint density at radius 2 is 2.17 bits per heavy atom. The van der Waals surface area contributed by atoms with Crippen molar-refractivity contribution < 1.29 is 9.18 Å². The number of hydrogen-bond donors (Lipinski definition) is 2. The van der Waals surface area contributed by atoms with Gasteiger partial charge in [0.25, 0.3) is 0 Å². The lowest BCUT2D eigenvalue weighted by Crippen LogP contribution is -2.35. The summed E-state index contributed by atoms with van der Waals surface area (Å²) >= 11 is 5.65. The molecule has 0 aromatic heterocycles. The predicted molar refractivity (Wildman–Crippen MR) is 71.0 cm³/mol. The quantitative estimate of drug-likeness (QED) is 0.835. The third kappa shape index (κ3) is 5.02. The Balaban J connectivity index is 2.36. The van der Waals surface area contributed by atoms with Crippen LogP contribution in [-0.2, 0) is 11.3 Å². The zero-order chi connectivity index (χ0) is 13.5. The SMILES string of the molecule is CC(C)CNCC(=O)NCc1cccc(Cl)c1F. The van der Waals surface area contributed by atoms with Crippen molar-refractivity contribution in [3.63, 3.8) is 0 Å². The summed E-state index contributed by atoms with van der Waals surface area (Å²) in [4.78, 5) is 11.5. The van der Waals surface area contributed by atoms with Crippen LogP contribution in [0.2, 0.25) is 5.02 Å². The second kappa shape index (κ2) is 7.34. The second-order valence-corrected chi connectivity index (χ2v) is 4.92. The highest BCUT2D eigenvalue weighted by Gasteiger charge is 2.07. The van der Waals surface area contributed by atoms with Gasteiger partial charge in [0, 0.05) is 12.1 Å². The van der Waals surface area contributed by atoms with Crippen LogP contribution in [0.25, 0.3) is 0 Å². The minimum atomic E-state index is -0.477. The molecule has 0 aliphatic rings. The zero-order valence-electron chi connectivity index (χ0n) is 10.6. The van der Waals surface area contributed by atoms with Gasteiger partial charge in [0.05, 0.1) is 11.6 Å². The van der Waals surface area contributed by atoms with Crippen molar-refractivity contribution in [1.82, 2.24) is 10.6 Å². The van der Waals surface area contributed by atoms with E-state index in [2.05, 4.69) is 24.5 Å². The van der Waals surface area contributed by atoms with Crippen LogP contribution in [0, 0.1) is 11.7 Å². The number of hydrogen-bond acceptors (Lipinski definition) is 2.